The molecule has 0 saturated heterocycles. The zero-order valence-corrected chi connectivity index (χ0v) is 14.8. The smallest absolute Gasteiger partial charge is 0.321 e. The molecule has 2 N–H and O–H groups in total. The highest BCUT2D eigenvalue weighted by molar-refractivity contribution is 8.00. The Labute approximate surface area is 138 Å². The van der Waals surface area contributed by atoms with Gasteiger partial charge in [0, 0.05) is 11.3 Å². The molecule has 0 saturated carbocycles. The topological polar surface area (TPSA) is 66.9 Å². The van der Waals surface area contributed by atoms with Crippen LogP contribution in [0, 0.1) is 6.92 Å². The van der Waals surface area contributed by atoms with Gasteiger partial charge in [0.25, 0.3) is 0 Å². The Morgan fingerprint density at radius 3 is 2.77 bits per heavy atom. The van der Waals surface area contributed by atoms with Gasteiger partial charge in [-0.15, -0.1) is 10.2 Å². The molecule has 7 heteroatoms. The Morgan fingerprint density at radius 2 is 2.09 bits per heavy atom. The zero-order valence-electron chi connectivity index (χ0n) is 13.1. The van der Waals surface area contributed by atoms with Gasteiger partial charge in [0.05, 0.1) is 0 Å². The molecule has 2 aromatic rings. The van der Waals surface area contributed by atoms with E-state index in [4.69, 9.17) is 0 Å². The van der Waals surface area contributed by atoms with E-state index in [-0.39, 0.29) is 11.6 Å². The highest BCUT2D eigenvalue weighted by atomic mass is 32.2. The van der Waals surface area contributed by atoms with E-state index in [1.807, 2.05) is 20.8 Å². The summed E-state index contributed by atoms with van der Waals surface area (Å²) >= 11 is 3.00. The number of aryl methyl sites for hydroxylation is 1. The highest BCUT2D eigenvalue weighted by Crippen LogP contribution is 2.28. The van der Waals surface area contributed by atoms with Crippen LogP contribution in [0.2, 0.25) is 0 Å². The summed E-state index contributed by atoms with van der Waals surface area (Å²) < 4.78 is 0.840. The van der Waals surface area contributed by atoms with Crippen LogP contribution in [0.25, 0.3) is 0 Å². The number of thioether (sulfide) groups is 1. The lowest BCUT2D eigenvalue weighted by molar-refractivity contribution is 0.244. The number of carbonyl (C=O) groups excluding carboxylic acids is 1. The Bertz CT molecular complexity index is 649. The molecule has 5 nitrogen and oxygen atoms in total. The van der Waals surface area contributed by atoms with Crippen molar-refractivity contribution in [2.45, 2.75) is 43.3 Å². The van der Waals surface area contributed by atoms with Crippen LogP contribution in [-0.2, 0) is 5.75 Å². The minimum absolute atomic E-state index is 0.265. The fourth-order valence-electron chi connectivity index (χ4n) is 1.73. The van der Waals surface area contributed by atoms with Crippen LogP contribution in [0.3, 0.4) is 0 Å². The second kappa shape index (κ2) is 7.11. The predicted molar refractivity (Wildman–Crippen MR) is 92.6 cm³/mol. The summed E-state index contributed by atoms with van der Waals surface area (Å²) in [6.45, 7) is 7.86. The molecule has 0 unspecified atom stereocenters. The van der Waals surface area contributed by atoms with Crippen molar-refractivity contribution in [1.29, 1.82) is 0 Å². The van der Waals surface area contributed by atoms with Gasteiger partial charge in [-0.3, -0.25) is 5.32 Å². The van der Waals surface area contributed by atoms with E-state index >= 15 is 0 Å². The molecule has 22 heavy (non-hydrogen) atoms. The minimum atomic E-state index is -0.280. The number of nitrogens with zero attached hydrogens (tertiary/aromatic N) is 2. The molecule has 118 valence electrons. The van der Waals surface area contributed by atoms with E-state index in [2.05, 4.69) is 52.0 Å². The first-order valence-corrected chi connectivity index (χ1v) is 8.73. The average molecular weight is 336 g/mol. The van der Waals surface area contributed by atoms with E-state index < -0.39 is 0 Å². The lowest BCUT2D eigenvalue weighted by Crippen LogP contribution is -2.43. The molecule has 2 rings (SSSR count). The predicted octanol–water partition coefficient (Wildman–Crippen LogP) is 4.06. The minimum Gasteiger partial charge on any atom is -0.333 e. The highest BCUT2D eigenvalue weighted by Gasteiger charge is 2.15. The lowest BCUT2D eigenvalue weighted by atomic mass is 10.1. The first-order chi connectivity index (χ1) is 10.3. The summed E-state index contributed by atoms with van der Waals surface area (Å²) in [5.41, 5.74) is 2.22. The summed E-state index contributed by atoms with van der Waals surface area (Å²) in [6, 6.07) is 8.12. The molecule has 0 aliphatic rings. The van der Waals surface area contributed by atoms with Gasteiger partial charge in [0.1, 0.15) is 0 Å². The molecule has 1 heterocycles. The van der Waals surface area contributed by atoms with Gasteiger partial charge in [-0.2, -0.15) is 0 Å². The van der Waals surface area contributed by atoms with Crippen LogP contribution in [0.4, 0.5) is 9.93 Å². The monoisotopic (exact) mass is 336 g/mol. The third-order valence-electron chi connectivity index (χ3n) is 2.56. The van der Waals surface area contributed by atoms with Crippen molar-refractivity contribution >= 4 is 34.3 Å². The quantitative estimate of drug-likeness (QED) is 0.653. The summed E-state index contributed by atoms with van der Waals surface area (Å²) in [7, 11) is 0. The molecular weight excluding hydrogens is 316 g/mol. The molecule has 2 amide bonds. The van der Waals surface area contributed by atoms with E-state index in [0.717, 1.165) is 10.1 Å². The van der Waals surface area contributed by atoms with Crippen LogP contribution < -0.4 is 10.6 Å². The lowest BCUT2D eigenvalue weighted by Gasteiger charge is -2.19. The van der Waals surface area contributed by atoms with Gasteiger partial charge >= 0.3 is 6.03 Å². The Hall–Kier alpha value is -1.60. The second-order valence-electron chi connectivity index (χ2n) is 5.98. The van der Waals surface area contributed by atoms with Gasteiger partial charge < -0.3 is 5.32 Å². The fraction of sp³-hybridized carbons (Fsp3) is 0.400. The van der Waals surface area contributed by atoms with Gasteiger partial charge in [0.15, 0.2) is 4.34 Å². The molecule has 0 radical (unpaired) electrons. The zero-order chi connectivity index (χ0) is 16.2. The van der Waals surface area contributed by atoms with Gasteiger partial charge in [-0.05, 0) is 33.3 Å². The number of urea groups is 1. The maximum atomic E-state index is 11.8. The Balaban J connectivity index is 1.87. The van der Waals surface area contributed by atoms with Gasteiger partial charge in [-0.25, -0.2) is 4.79 Å². The number of aromatic nitrogens is 2. The Kier molecular flexibility index (Phi) is 5.42. The van der Waals surface area contributed by atoms with Crippen LogP contribution in [0.1, 0.15) is 31.9 Å². The van der Waals surface area contributed by atoms with Crippen molar-refractivity contribution in [2.24, 2.45) is 0 Å². The van der Waals surface area contributed by atoms with E-state index in [9.17, 15) is 4.79 Å². The molecule has 0 aliphatic heterocycles. The SMILES string of the molecule is Cc1cccc(CSc2nnc(NC(=O)NC(C)(C)C)s2)c1. The molecule has 0 bridgehead atoms. The third kappa shape index (κ3) is 5.65. The van der Waals surface area contributed by atoms with Crippen LogP contribution in [0.5, 0.6) is 0 Å². The van der Waals surface area contributed by atoms with Crippen LogP contribution in [-0.4, -0.2) is 21.8 Å². The summed E-state index contributed by atoms with van der Waals surface area (Å²) in [5, 5.41) is 14.1. The van der Waals surface area contributed by atoms with Crippen LogP contribution in [0.15, 0.2) is 28.6 Å². The number of rotatable bonds is 4. The number of benzene rings is 1. The number of hydrogen-bond donors (Lipinski definition) is 2. The van der Waals surface area contributed by atoms with Crippen molar-refractivity contribution in [3.8, 4) is 0 Å². The van der Waals surface area contributed by atoms with E-state index in [1.165, 1.54) is 22.5 Å². The standard InChI is InChI=1S/C15H20N4OS2/c1-10-6-5-7-11(8-10)9-21-14-19-18-13(22-14)16-12(20)17-15(2,3)4/h5-8H,9H2,1-4H3,(H2,16,17,18,20). The number of carbonyl (C=O) groups is 1. The molecule has 0 aliphatic carbocycles. The largest absolute Gasteiger partial charge is 0.333 e. The second-order valence-corrected chi connectivity index (χ2v) is 8.18. The molecular formula is C15H20N4OS2. The number of anilines is 1. The summed E-state index contributed by atoms with van der Waals surface area (Å²) in [5.74, 6) is 0.838. The average Bonchev–Trinajstić information content (AvgIpc) is 2.81. The maximum absolute atomic E-state index is 11.8. The molecule has 0 atom stereocenters. The molecule has 0 spiro atoms. The number of nitrogens with one attached hydrogen (secondary N) is 2. The maximum Gasteiger partial charge on any atom is 0.321 e. The Morgan fingerprint density at radius 1 is 1.32 bits per heavy atom. The normalized spacial score (nSPS) is 11.3. The molecule has 1 aromatic carbocycles. The first-order valence-electron chi connectivity index (χ1n) is 6.93. The summed E-state index contributed by atoms with van der Waals surface area (Å²) in [4.78, 5) is 11.8. The van der Waals surface area contributed by atoms with Crippen LogP contribution >= 0.6 is 23.1 Å². The van der Waals surface area contributed by atoms with Crippen molar-refractivity contribution in [3.63, 3.8) is 0 Å². The fourth-order valence-corrected chi connectivity index (χ4v) is 3.42. The van der Waals surface area contributed by atoms with Crippen molar-refractivity contribution in [2.75, 3.05) is 5.32 Å². The van der Waals surface area contributed by atoms with Crippen molar-refractivity contribution < 1.29 is 4.79 Å². The van der Waals surface area contributed by atoms with E-state index in [0.29, 0.717) is 5.13 Å². The molecule has 1 aromatic heterocycles. The first kappa shape index (κ1) is 16.8. The molecule has 0 fully saturated rings. The third-order valence-corrected chi connectivity index (χ3v) is 4.60. The van der Waals surface area contributed by atoms with E-state index in [1.54, 1.807) is 11.8 Å². The van der Waals surface area contributed by atoms with Crippen molar-refractivity contribution in [1.82, 2.24) is 15.5 Å². The van der Waals surface area contributed by atoms with Crippen molar-refractivity contribution in [3.05, 3.63) is 35.4 Å². The van der Waals surface area contributed by atoms with Gasteiger partial charge in [-0.1, -0.05) is 52.9 Å². The number of amides is 2. The van der Waals surface area contributed by atoms with Gasteiger partial charge in [0.2, 0.25) is 5.13 Å². The summed E-state index contributed by atoms with van der Waals surface area (Å²) in [6.07, 6.45) is 0. The number of hydrogen-bond acceptors (Lipinski definition) is 5.